The van der Waals surface area contributed by atoms with Crippen LogP contribution >= 0.6 is 0 Å². The number of amides is 2. The molecule has 5 nitrogen and oxygen atoms in total. The number of fused-ring (bicyclic) bond motifs is 1. The first-order valence-corrected chi connectivity index (χ1v) is 7.17. The molecule has 2 heterocycles. The van der Waals surface area contributed by atoms with Crippen molar-refractivity contribution >= 4 is 17.6 Å². The monoisotopic (exact) mass is 284 g/mol. The van der Waals surface area contributed by atoms with Crippen LogP contribution in [0.4, 0.5) is 5.82 Å². The van der Waals surface area contributed by atoms with Crippen LogP contribution in [0.25, 0.3) is 0 Å². The molecule has 0 aromatic carbocycles. The molecule has 1 saturated heterocycles. The van der Waals surface area contributed by atoms with Gasteiger partial charge in [-0.25, -0.2) is 9.88 Å². The van der Waals surface area contributed by atoms with E-state index in [1.54, 1.807) is 18.2 Å². The van der Waals surface area contributed by atoms with Crippen LogP contribution in [0.1, 0.15) is 31.4 Å². The molecule has 1 saturated carbocycles. The predicted octanol–water partition coefficient (Wildman–Crippen LogP) is 1.10. The number of rotatable bonds is 1. The zero-order valence-corrected chi connectivity index (χ0v) is 11.6. The topological polar surface area (TPSA) is 70.5 Å². The van der Waals surface area contributed by atoms with Gasteiger partial charge in [0.1, 0.15) is 18.1 Å². The van der Waals surface area contributed by atoms with Gasteiger partial charge < -0.3 is 5.11 Å². The number of aliphatic hydroxyl groups is 1. The Morgan fingerprint density at radius 2 is 1.86 bits per heavy atom. The number of carbonyl (C=O) groups excluding carboxylic acids is 2. The van der Waals surface area contributed by atoms with Gasteiger partial charge >= 0.3 is 0 Å². The average Bonchev–Trinajstić information content (AvgIpc) is 2.78. The molecule has 2 amide bonds. The Hall–Kier alpha value is -2.19. The lowest BCUT2D eigenvalue weighted by atomic mass is 9.81. The van der Waals surface area contributed by atoms with Crippen molar-refractivity contribution in [2.75, 3.05) is 11.5 Å². The minimum atomic E-state index is -0.252. The van der Waals surface area contributed by atoms with Crippen LogP contribution in [0, 0.1) is 23.7 Å². The summed E-state index contributed by atoms with van der Waals surface area (Å²) in [6, 6.07) is 5.05. The van der Waals surface area contributed by atoms with Crippen molar-refractivity contribution in [3.05, 3.63) is 23.9 Å². The zero-order valence-electron chi connectivity index (χ0n) is 11.6. The van der Waals surface area contributed by atoms with E-state index in [1.807, 2.05) is 0 Å². The van der Waals surface area contributed by atoms with Crippen LogP contribution < -0.4 is 4.90 Å². The maximum absolute atomic E-state index is 12.5. The van der Waals surface area contributed by atoms with Crippen molar-refractivity contribution in [3.63, 3.8) is 0 Å². The lowest BCUT2D eigenvalue weighted by molar-refractivity contribution is -0.122. The van der Waals surface area contributed by atoms with E-state index in [-0.39, 0.29) is 30.3 Å². The number of aliphatic hydroxyl groups excluding tert-OH is 1. The number of hydrogen-bond donors (Lipinski definition) is 1. The standard InChI is InChI=1S/C16H16N2O3/c19-10-4-6-11-5-3-9-14(17-11)18-15(20)12-7-1-2-8-13(12)16(18)21/h3,5,9,12-13,19H,1-2,7-8,10H2. The molecule has 2 atom stereocenters. The van der Waals surface area contributed by atoms with E-state index in [0.717, 1.165) is 25.7 Å². The first kappa shape index (κ1) is 13.8. The summed E-state index contributed by atoms with van der Waals surface area (Å²) in [4.78, 5) is 30.4. The van der Waals surface area contributed by atoms with Gasteiger partial charge in [0.2, 0.25) is 11.8 Å². The molecule has 2 unspecified atom stereocenters. The first-order valence-electron chi connectivity index (χ1n) is 7.17. The molecule has 0 radical (unpaired) electrons. The quantitative estimate of drug-likeness (QED) is 0.619. The highest BCUT2D eigenvalue weighted by Crippen LogP contribution is 2.39. The highest BCUT2D eigenvalue weighted by molar-refractivity contribution is 6.21. The van der Waals surface area contributed by atoms with E-state index < -0.39 is 0 Å². The predicted molar refractivity (Wildman–Crippen MR) is 76.1 cm³/mol. The third-order valence-corrected chi connectivity index (χ3v) is 4.10. The van der Waals surface area contributed by atoms with Gasteiger partial charge in [-0.2, -0.15) is 0 Å². The first-order chi connectivity index (χ1) is 10.2. The van der Waals surface area contributed by atoms with Crippen molar-refractivity contribution in [2.24, 2.45) is 11.8 Å². The van der Waals surface area contributed by atoms with E-state index >= 15 is 0 Å². The van der Waals surface area contributed by atoms with Gasteiger partial charge in [0, 0.05) is 0 Å². The van der Waals surface area contributed by atoms with Crippen LogP contribution in [0.15, 0.2) is 18.2 Å². The van der Waals surface area contributed by atoms with Gasteiger partial charge in [0.25, 0.3) is 0 Å². The Bertz CT molecular complexity index is 620. The van der Waals surface area contributed by atoms with Crippen molar-refractivity contribution in [1.82, 2.24) is 4.98 Å². The minimum Gasteiger partial charge on any atom is -0.384 e. The average molecular weight is 284 g/mol. The Labute approximate surface area is 123 Å². The summed E-state index contributed by atoms with van der Waals surface area (Å²) < 4.78 is 0. The van der Waals surface area contributed by atoms with Gasteiger partial charge in [-0.15, -0.1) is 0 Å². The van der Waals surface area contributed by atoms with E-state index in [0.29, 0.717) is 11.5 Å². The minimum absolute atomic E-state index is 0.135. The van der Waals surface area contributed by atoms with Gasteiger partial charge in [-0.05, 0) is 30.9 Å². The van der Waals surface area contributed by atoms with Crippen LogP contribution in [0.2, 0.25) is 0 Å². The molecular weight excluding hydrogens is 268 g/mol. The second-order valence-electron chi connectivity index (χ2n) is 5.35. The van der Waals surface area contributed by atoms with Gasteiger partial charge in [-0.1, -0.05) is 24.8 Å². The normalized spacial score (nSPS) is 24.5. The number of imide groups is 1. The number of hydrogen-bond acceptors (Lipinski definition) is 4. The Morgan fingerprint density at radius 1 is 1.19 bits per heavy atom. The summed E-state index contributed by atoms with van der Waals surface area (Å²) in [5.41, 5.74) is 0.442. The summed E-state index contributed by atoms with van der Waals surface area (Å²) >= 11 is 0. The largest absolute Gasteiger partial charge is 0.384 e. The fourth-order valence-corrected chi connectivity index (χ4v) is 3.14. The molecule has 3 rings (SSSR count). The number of aromatic nitrogens is 1. The summed E-state index contributed by atoms with van der Waals surface area (Å²) in [7, 11) is 0. The van der Waals surface area contributed by atoms with Crippen molar-refractivity contribution in [2.45, 2.75) is 25.7 Å². The van der Waals surface area contributed by atoms with Crippen molar-refractivity contribution < 1.29 is 14.7 Å². The summed E-state index contributed by atoms with van der Waals surface area (Å²) in [6.45, 7) is -0.252. The number of nitrogens with zero attached hydrogens (tertiary/aromatic N) is 2. The second kappa shape index (κ2) is 5.66. The third-order valence-electron chi connectivity index (χ3n) is 4.10. The fourth-order valence-electron chi connectivity index (χ4n) is 3.14. The van der Waals surface area contributed by atoms with Crippen molar-refractivity contribution in [3.8, 4) is 11.8 Å². The van der Waals surface area contributed by atoms with E-state index in [1.165, 1.54) is 4.90 Å². The van der Waals surface area contributed by atoms with Gasteiger partial charge in [-0.3, -0.25) is 9.59 Å². The smallest absolute Gasteiger partial charge is 0.238 e. The van der Waals surface area contributed by atoms with E-state index in [2.05, 4.69) is 16.8 Å². The number of pyridine rings is 1. The van der Waals surface area contributed by atoms with Gasteiger partial charge in [0.05, 0.1) is 11.8 Å². The molecule has 0 spiro atoms. The molecule has 2 aliphatic rings. The van der Waals surface area contributed by atoms with Crippen LogP contribution in [-0.4, -0.2) is 28.5 Å². The molecule has 1 aromatic heterocycles. The molecule has 21 heavy (non-hydrogen) atoms. The van der Waals surface area contributed by atoms with Gasteiger partial charge in [0.15, 0.2) is 0 Å². The molecule has 1 aliphatic carbocycles. The third kappa shape index (κ3) is 2.43. The molecule has 2 fully saturated rings. The second-order valence-corrected chi connectivity index (χ2v) is 5.35. The summed E-state index contributed by atoms with van der Waals surface area (Å²) in [5, 5.41) is 8.71. The highest BCUT2D eigenvalue weighted by Gasteiger charge is 2.49. The van der Waals surface area contributed by atoms with Crippen LogP contribution in [0.3, 0.4) is 0 Å². The molecule has 5 heteroatoms. The molecule has 1 aromatic rings. The Kier molecular flexibility index (Phi) is 3.72. The fraction of sp³-hybridized carbons (Fsp3) is 0.438. The van der Waals surface area contributed by atoms with Crippen LogP contribution in [0.5, 0.6) is 0 Å². The molecule has 1 N–H and O–H groups in total. The SMILES string of the molecule is O=C1C2CCCCC2C(=O)N1c1cccc(C#CCO)n1. The summed E-state index contributed by atoms with van der Waals surface area (Å²) in [6.07, 6.45) is 3.58. The molecule has 1 aliphatic heterocycles. The molecular formula is C16H16N2O3. The van der Waals surface area contributed by atoms with E-state index in [4.69, 9.17) is 5.11 Å². The summed E-state index contributed by atoms with van der Waals surface area (Å²) in [5.74, 6) is 4.91. The Morgan fingerprint density at radius 3 is 2.48 bits per heavy atom. The maximum Gasteiger partial charge on any atom is 0.238 e. The number of carbonyl (C=O) groups is 2. The molecule has 0 bridgehead atoms. The lowest BCUT2D eigenvalue weighted by Crippen LogP contribution is -2.31. The lowest BCUT2D eigenvalue weighted by Gasteiger charge is -2.19. The van der Waals surface area contributed by atoms with Crippen LogP contribution in [-0.2, 0) is 9.59 Å². The zero-order chi connectivity index (χ0) is 14.8. The van der Waals surface area contributed by atoms with Crippen molar-refractivity contribution in [1.29, 1.82) is 0 Å². The maximum atomic E-state index is 12.5. The highest BCUT2D eigenvalue weighted by atomic mass is 16.2. The Balaban J connectivity index is 1.93. The van der Waals surface area contributed by atoms with E-state index in [9.17, 15) is 9.59 Å². The molecule has 108 valence electrons. The number of anilines is 1.